The monoisotopic (exact) mass is 611 g/mol. The number of Topliss-reactive ketones (excluding diaryl/α,β-unsaturated/α-hetero) is 1. The van der Waals surface area contributed by atoms with Crippen LogP contribution in [0, 0.1) is 17.7 Å². The third kappa shape index (κ3) is 8.02. The van der Waals surface area contributed by atoms with Gasteiger partial charge in [0.15, 0.2) is 5.78 Å². The van der Waals surface area contributed by atoms with E-state index >= 15 is 4.39 Å². The highest BCUT2D eigenvalue weighted by Crippen LogP contribution is 2.34. The summed E-state index contributed by atoms with van der Waals surface area (Å²) in [5.74, 6) is -2.51. The van der Waals surface area contributed by atoms with Crippen molar-refractivity contribution in [1.82, 2.24) is 30.2 Å². The normalized spacial score (nSPS) is 18.2. The molecule has 0 bridgehead atoms. The molecule has 240 valence electrons. The third-order valence-corrected chi connectivity index (χ3v) is 9.13. The number of carbonyl (C=O) groups excluding carboxylic acids is 4. The SMILES string of the molecule is CCn1nccc1C(=O)C[C@H](C(=O)Nc1ccc([C@H](C)[C@@H](NC(=O)NC)C(=O)N2CCN(C)CC2)cc1F)C1CCCCC1. The Bertz CT molecular complexity index is 1320. The highest BCUT2D eigenvalue weighted by Gasteiger charge is 2.35. The molecular weight excluding hydrogens is 565 g/mol. The van der Waals surface area contributed by atoms with E-state index in [1.54, 1.807) is 34.8 Å². The second kappa shape index (κ2) is 15.3. The number of piperazine rings is 1. The fourth-order valence-electron chi connectivity index (χ4n) is 6.31. The van der Waals surface area contributed by atoms with Crippen LogP contribution in [-0.4, -0.2) is 89.5 Å². The molecule has 1 aliphatic carbocycles. The fourth-order valence-corrected chi connectivity index (χ4v) is 6.31. The first-order valence-electron chi connectivity index (χ1n) is 15.7. The summed E-state index contributed by atoms with van der Waals surface area (Å²) in [7, 11) is 3.46. The van der Waals surface area contributed by atoms with Crippen LogP contribution in [0.4, 0.5) is 14.9 Å². The highest BCUT2D eigenvalue weighted by atomic mass is 19.1. The van der Waals surface area contributed by atoms with Gasteiger partial charge >= 0.3 is 6.03 Å². The minimum atomic E-state index is -0.906. The summed E-state index contributed by atoms with van der Waals surface area (Å²) in [6, 6.07) is 4.72. The Kier molecular flexibility index (Phi) is 11.5. The van der Waals surface area contributed by atoms with E-state index < -0.39 is 29.7 Å². The molecular formula is C32H46FN7O4. The van der Waals surface area contributed by atoms with Crippen LogP contribution in [0.15, 0.2) is 30.5 Å². The van der Waals surface area contributed by atoms with Crippen molar-refractivity contribution in [2.24, 2.45) is 11.8 Å². The summed E-state index contributed by atoms with van der Waals surface area (Å²) in [5, 5.41) is 12.2. The molecule has 1 saturated heterocycles. The van der Waals surface area contributed by atoms with Crippen LogP contribution < -0.4 is 16.0 Å². The molecule has 2 aromatic rings. The van der Waals surface area contributed by atoms with Crippen molar-refractivity contribution in [3.63, 3.8) is 0 Å². The Hall–Kier alpha value is -3.80. The summed E-state index contributed by atoms with van der Waals surface area (Å²) >= 11 is 0. The summed E-state index contributed by atoms with van der Waals surface area (Å²) in [6.45, 7) is 6.76. The first kappa shape index (κ1) is 33.1. The number of hydrogen-bond acceptors (Lipinski definition) is 6. The number of aryl methyl sites for hydroxylation is 1. The van der Waals surface area contributed by atoms with Crippen LogP contribution in [-0.2, 0) is 16.1 Å². The van der Waals surface area contributed by atoms with Gasteiger partial charge in [0.25, 0.3) is 0 Å². The van der Waals surface area contributed by atoms with E-state index in [4.69, 9.17) is 0 Å². The smallest absolute Gasteiger partial charge is 0.315 e. The molecule has 4 rings (SSSR count). The second-order valence-corrected chi connectivity index (χ2v) is 12.0. The molecule has 0 radical (unpaired) electrons. The molecule has 44 heavy (non-hydrogen) atoms. The number of nitrogens with one attached hydrogen (secondary N) is 3. The van der Waals surface area contributed by atoms with Crippen LogP contribution in [0.3, 0.4) is 0 Å². The lowest BCUT2D eigenvalue weighted by Gasteiger charge is -2.36. The van der Waals surface area contributed by atoms with Gasteiger partial charge < -0.3 is 25.8 Å². The molecule has 4 amide bonds. The van der Waals surface area contributed by atoms with Gasteiger partial charge in [0.05, 0.1) is 5.69 Å². The number of amides is 4. The van der Waals surface area contributed by atoms with Crippen LogP contribution in [0.5, 0.6) is 0 Å². The zero-order chi connectivity index (χ0) is 31.8. The number of urea groups is 1. The lowest BCUT2D eigenvalue weighted by molar-refractivity contribution is -0.135. The molecule has 0 spiro atoms. The fraction of sp³-hybridized carbons (Fsp3) is 0.594. The zero-order valence-corrected chi connectivity index (χ0v) is 26.3. The number of benzene rings is 1. The average Bonchev–Trinajstić information content (AvgIpc) is 3.52. The Labute approximate surface area is 258 Å². The highest BCUT2D eigenvalue weighted by molar-refractivity contribution is 6.00. The summed E-state index contributed by atoms with van der Waals surface area (Å²) in [6.07, 6.45) is 6.39. The lowest BCUT2D eigenvalue weighted by atomic mass is 9.77. The zero-order valence-electron chi connectivity index (χ0n) is 26.3. The van der Waals surface area contributed by atoms with E-state index in [0.29, 0.717) is 30.9 Å². The number of anilines is 1. The standard InChI is InChI=1S/C32H46FN7O4/c1-5-40-27(13-14-35-40)28(41)20-24(22-9-7-6-8-10-22)30(42)36-26-12-11-23(19-25(26)33)21(2)29(37-32(44)34-3)31(43)39-17-15-38(4)16-18-39/h11-14,19,21-22,24,29H,5-10,15-18,20H2,1-4H3,(H,36,42)(H2,34,37,44)/t21-,24-,29+/m0/s1. The number of halogens is 1. The quantitative estimate of drug-likeness (QED) is 0.333. The van der Waals surface area contributed by atoms with E-state index in [2.05, 4.69) is 25.9 Å². The van der Waals surface area contributed by atoms with Crippen LogP contribution in [0.25, 0.3) is 0 Å². The van der Waals surface area contributed by atoms with Gasteiger partial charge in [-0.2, -0.15) is 5.10 Å². The third-order valence-electron chi connectivity index (χ3n) is 9.13. The van der Waals surface area contributed by atoms with Crippen molar-refractivity contribution in [1.29, 1.82) is 0 Å². The van der Waals surface area contributed by atoms with Gasteiger partial charge in [-0.15, -0.1) is 0 Å². The number of nitrogens with zero attached hydrogens (tertiary/aromatic N) is 4. The maximum Gasteiger partial charge on any atom is 0.315 e. The molecule has 2 fully saturated rings. The van der Waals surface area contributed by atoms with Crippen molar-refractivity contribution in [3.8, 4) is 0 Å². The molecule has 3 atom stereocenters. The molecule has 11 nitrogen and oxygen atoms in total. The van der Waals surface area contributed by atoms with Gasteiger partial charge in [-0.3, -0.25) is 19.1 Å². The van der Waals surface area contributed by atoms with Crippen LogP contribution in [0.2, 0.25) is 0 Å². The Morgan fingerprint density at radius 3 is 2.39 bits per heavy atom. The topological polar surface area (TPSA) is 129 Å². The number of carbonyl (C=O) groups is 4. The van der Waals surface area contributed by atoms with Gasteiger partial charge in [0.2, 0.25) is 11.8 Å². The van der Waals surface area contributed by atoms with Crippen LogP contribution in [0.1, 0.15) is 74.3 Å². The maximum absolute atomic E-state index is 15.6. The summed E-state index contributed by atoms with van der Waals surface area (Å²) < 4.78 is 17.2. The van der Waals surface area contributed by atoms with Crippen molar-refractivity contribution in [2.75, 3.05) is 45.6 Å². The van der Waals surface area contributed by atoms with E-state index in [1.165, 1.54) is 19.2 Å². The number of aromatic nitrogens is 2. The molecule has 1 aromatic heterocycles. The largest absolute Gasteiger partial charge is 0.341 e. The molecule has 1 aromatic carbocycles. The Balaban J connectivity index is 1.51. The summed E-state index contributed by atoms with van der Waals surface area (Å²) in [4.78, 5) is 56.5. The Morgan fingerprint density at radius 1 is 1.05 bits per heavy atom. The van der Waals surface area contributed by atoms with Gasteiger partial charge in [0, 0.05) is 64.2 Å². The van der Waals surface area contributed by atoms with E-state index in [0.717, 1.165) is 45.2 Å². The first-order chi connectivity index (χ1) is 21.1. The minimum absolute atomic E-state index is 0.0130. The van der Waals surface area contributed by atoms with Crippen molar-refractivity contribution < 1.29 is 23.6 Å². The molecule has 2 aliphatic rings. The van der Waals surface area contributed by atoms with Gasteiger partial charge in [0.1, 0.15) is 17.6 Å². The van der Waals surface area contributed by atoms with E-state index in [-0.39, 0.29) is 35.6 Å². The minimum Gasteiger partial charge on any atom is -0.341 e. The van der Waals surface area contributed by atoms with Gasteiger partial charge in [-0.25, -0.2) is 9.18 Å². The Morgan fingerprint density at radius 2 is 1.75 bits per heavy atom. The van der Waals surface area contributed by atoms with Gasteiger partial charge in [-0.05, 0) is 56.5 Å². The van der Waals surface area contributed by atoms with Crippen LogP contribution >= 0.6 is 0 Å². The predicted molar refractivity (Wildman–Crippen MR) is 166 cm³/mol. The molecule has 0 unspecified atom stereocenters. The number of rotatable bonds is 11. The van der Waals surface area contributed by atoms with Crippen molar-refractivity contribution in [2.45, 2.75) is 70.9 Å². The maximum atomic E-state index is 15.6. The molecule has 1 saturated carbocycles. The average molecular weight is 612 g/mol. The molecule has 2 heterocycles. The van der Waals surface area contributed by atoms with E-state index in [9.17, 15) is 19.2 Å². The lowest BCUT2D eigenvalue weighted by Crippen LogP contribution is -2.56. The predicted octanol–water partition coefficient (Wildman–Crippen LogP) is 3.63. The molecule has 12 heteroatoms. The number of ketones is 1. The second-order valence-electron chi connectivity index (χ2n) is 12.0. The molecule has 3 N–H and O–H groups in total. The first-order valence-corrected chi connectivity index (χ1v) is 15.7. The van der Waals surface area contributed by atoms with E-state index in [1.807, 2.05) is 14.0 Å². The summed E-state index contributed by atoms with van der Waals surface area (Å²) in [5.41, 5.74) is 0.992. The number of likely N-dealkylation sites (N-methyl/N-ethyl adjacent to an activating group) is 1. The van der Waals surface area contributed by atoms with Crippen molar-refractivity contribution >= 4 is 29.3 Å². The molecule has 1 aliphatic heterocycles. The van der Waals surface area contributed by atoms with Gasteiger partial charge in [-0.1, -0.05) is 32.3 Å². The number of hydrogen-bond donors (Lipinski definition) is 3. The van der Waals surface area contributed by atoms with Crippen molar-refractivity contribution in [3.05, 3.63) is 47.5 Å².